The van der Waals surface area contributed by atoms with E-state index in [4.69, 9.17) is 0 Å². The van der Waals surface area contributed by atoms with Gasteiger partial charge in [-0.25, -0.2) is 0 Å². The molecular weight excluding hydrogens is 371 g/mol. The van der Waals surface area contributed by atoms with Crippen molar-refractivity contribution in [2.75, 3.05) is 13.1 Å². The summed E-state index contributed by atoms with van der Waals surface area (Å²) in [6, 6.07) is 11.9. The molecule has 3 heterocycles. The van der Waals surface area contributed by atoms with E-state index >= 15 is 0 Å². The summed E-state index contributed by atoms with van der Waals surface area (Å²) in [6.45, 7) is 2.54. The molecule has 1 saturated heterocycles. The van der Waals surface area contributed by atoms with Crippen LogP contribution in [-0.4, -0.2) is 23.3 Å². The minimum atomic E-state index is -4.28. The molecular formula is C20H21F3N3S+. The quantitative estimate of drug-likeness (QED) is 0.688. The third-order valence-corrected chi connectivity index (χ3v) is 6.10. The van der Waals surface area contributed by atoms with Crippen LogP contribution in [0, 0.1) is 0 Å². The van der Waals surface area contributed by atoms with E-state index < -0.39 is 11.7 Å². The number of aromatic amines is 1. The van der Waals surface area contributed by atoms with Gasteiger partial charge in [0.15, 0.2) is 0 Å². The Bertz CT molecular complexity index is 878. The number of nitrogens with zero attached hydrogens (tertiary/aromatic N) is 1. The van der Waals surface area contributed by atoms with E-state index in [0.717, 1.165) is 53.8 Å². The standard InChI is InChI=1S/C20H20F3N3S/c21-20(22,23)16-4-1-3-14(11-16)13-26-8-6-15(7-9-26)17-12-18(25-24-17)19-5-2-10-27-19/h1-5,10-12,15H,6-9,13H2,(H,24,25)/p+1. The number of nitrogens with one attached hydrogen (secondary N) is 2. The first kappa shape index (κ1) is 18.3. The number of halogens is 3. The largest absolute Gasteiger partial charge is 0.416 e. The number of quaternary nitrogens is 1. The predicted molar refractivity (Wildman–Crippen MR) is 99.7 cm³/mol. The van der Waals surface area contributed by atoms with Gasteiger partial charge in [-0.15, -0.1) is 11.3 Å². The highest BCUT2D eigenvalue weighted by atomic mass is 32.1. The Kier molecular flexibility index (Phi) is 5.06. The molecule has 27 heavy (non-hydrogen) atoms. The van der Waals surface area contributed by atoms with Crippen LogP contribution in [-0.2, 0) is 12.7 Å². The van der Waals surface area contributed by atoms with E-state index in [-0.39, 0.29) is 0 Å². The molecule has 1 aromatic carbocycles. The SMILES string of the molecule is FC(F)(F)c1cccc(C[NH+]2CCC(c3cc(-c4cccs4)n[nH]3)CC2)c1. The maximum absolute atomic E-state index is 12.9. The van der Waals surface area contributed by atoms with Gasteiger partial charge in [0.25, 0.3) is 0 Å². The predicted octanol–water partition coefficient (Wildman–Crippen LogP) is 4.12. The second-order valence-corrected chi connectivity index (χ2v) is 8.03. The average Bonchev–Trinajstić information content (AvgIpc) is 3.34. The number of hydrogen-bond donors (Lipinski definition) is 2. The van der Waals surface area contributed by atoms with E-state index in [0.29, 0.717) is 12.5 Å². The smallest absolute Gasteiger partial charge is 0.331 e. The molecule has 0 unspecified atom stereocenters. The number of hydrogen-bond acceptors (Lipinski definition) is 2. The van der Waals surface area contributed by atoms with Crippen molar-refractivity contribution in [2.24, 2.45) is 0 Å². The minimum Gasteiger partial charge on any atom is -0.331 e. The number of aromatic nitrogens is 2. The van der Waals surface area contributed by atoms with Crippen LogP contribution in [0.25, 0.3) is 10.6 Å². The summed E-state index contributed by atoms with van der Waals surface area (Å²) in [7, 11) is 0. The fraction of sp³-hybridized carbons (Fsp3) is 0.350. The van der Waals surface area contributed by atoms with Crippen molar-refractivity contribution in [3.05, 3.63) is 64.7 Å². The van der Waals surface area contributed by atoms with Crippen LogP contribution in [0.4, 0.5) is 13.2 Å². The second kappa shape index (κ2) is 7.48. The Morgan fingerprint density at radius 2 is 1.93 bits per heavy atom. The molecule has 2 N–H and O–H groups in total. The molecule has 2 aromatic heterocycles. The van der Waals surface area contributed by atoms with Crippen molar-refractivity contribution in [3.8, 4) is 10.6 Å². The number of piperidine rings is 1. The molecule has 7 heteroatoms. The molecule has 142 valence electrons. The van der Waals surface area contributed by atoms with Crippen molar-refractivity contribution >= 4 is 11.3 Å². The monoisotopic (exact) mass is 392 g/mol. The van der Waals surface area contributed by atoms with Crippen molar-refractivity contribution < 1.29 is 18.1 Å². The zero-order valence-electron chi connectivity index (χ0n) is 14.7. The zero-order chi connectivity index (χ0) is 18.9. The summed E-state index contributed by atoms with van der Waals surface area (Å²) >= 11 is 1.67. The Labute approximate surface area is 159 Å². The van der Waals surface area contributed by atoms with Gasteiger partial charge in [0.1, 0.15) is 12.2 Å². The molecule has 0 amide bonds. The number of H-pyrrole nitrogens is 1. The van der Waals surface area contributed by atoms with Gasteiger partial charge < -0.3 is 4.90 Å². The van der Waals surface area contributed by atoms with E-state index in [1.54, 1.807) is 17.4 Å². The first-order valence-electron chi connectivity index (χ1n) is 9.08. The van der Waals surface area contributed by atoms with E-state index in [2.05, 4.69) is 22.3 Å². The Hall–Kier alpha value is -2.12. The highest BCUT2D eigenvalue weighted by Crippen LogP contribution is 2.30. The van der Waals surface area contributed by atoms with Crippen LogP contribution in [0.5, 0.6) is 0 Å². The zero-order valence-corrected chi connectivity index (χ0v) is 15.5. The summed E-state index contributed by atoms with van der Waals surface area (Å²) in [5, 5.41) is 9.64. The number of likely N-dealkylation sites (tertiary alicyclic amines) is 1. The maximum atomic E-state index is 12.9. The van der Waals surface area contributed by atoms with Crippen molar-refractivity contribution in [3.63, 3.8) is 0 Å². The van der Waals surface area contributed by atoms with Crippen LogP contribution in [0.15, 0.2) is 47.8 Å². The Morgan fingerprint density at radius 3 is 2.63 bits per heavy atom. The third-order valence-electron chi connectivity index (χ3n) is 5.21. The van der Waals surface area contributed by atoms with Gasteiger partial charge in [-0.2, -0.15) is 18.3 Å². The minimum absolute atomic E-state index is 0.441. The third kappa shape index (κ3) is 4.25. The van der Waals surface area contributed by atoms with Gasteiger partial charge in [0.05, 0.1) is 23.5 Å². The lowest BCUT2D eigenvalue weighted by Crippen LogP contribution is -3.11. The van der Waals surface area contributed by atoms with Crippen LogP contribution >= 0.6 is 11.3 Å². The number of thiophene rings is 1. The molecule has 1 aliphatic rings. The molecule has 3 aromatic rings. The average molecular weight is 392 g/mol. The van der Waals surface area contributed by atoms with Crippen LogP contribution in [0.1, 0.15) is 35.6 Å². The number of benzene rings is 1. The van der Waals surface area contributed by atoms with Crippen LogP contribution in [0.3, 0.4) is 0 Å². The number of rotatable bonds is 4. The molecule has 0 bridgehead atoms. The molecule has 0 aliphatic carbocycles. The summed E-state index contributed by atoms with van der Waals surface area (Å²) < 4.78 is 38.6. The van der Waals surface area contributed by atoms with Gasteiger partial charge in [-0.1, -0.05) is 18.2 Å². The maximum Gasteiger partial charge on any atom is 0.416 e. The number of alkyl halides is 3. The lowest BCUT2D eigenvalue weighted by Gasteiger charge is -2.28. The summed E-state index contributed by atoms with van der Waals surface area (Å²) in [4.78, 5) is 2.49. The van der Waals surface area contributed by atoms with Crippen molar-refractivity contribution in [2.45, 2.75) is 31.5 Å². The van der Waals surface area contributed by atoms with Crippen LogP contribution in [0.2, 0.25) is 0 Å². The normalized spacial score (nSPS) is 20.7. The summed E-state index contributed by atoms with van der Waals surface area (Å²) in [6.07, 6.45) is -2.25. The first-order chi connectivity index (χ1) is 13.0. The van der Waals surface area contributed by atoms with Gasteiger partial charge in [-0.3, -0.25) is 5.10 Å². The molecule has 3 nitrogen and oxygen atoms in total. The molecule has 0 spiro atoms. The molecule has 1 aliphatic heterocycles. The Balaban J connectivity index is 1.36. The topological polar surface area (TPSA) is 33.1 Å². The van der Waals surface area contributed by atoms with Gasteiger partial charge in [-0.05, 0) is 29.6 Å². The highest BCUT2D eigenvalue weighted by molar-refractivity contribution is 7.13. The summed E-state index contributed by atoms with van der Waals surface area (Å²) in [5.41, 5.74) is 2.34. The van der Waals surface area contributed by atoms with E-state index in [1.807, 2.05) is 11.4 Å². The fourth-order valence-corrected chi connectivity index (χ4v) is 4.44. The molecule has 1 fully saturated rings. The van der Waals surface area contributed by atoms with Gasteiger partial charge >= 0.3 is 6.18 Å². The summed E-state index contributed by atoms with van der Waals surface area (Å²) in [5.74, 6) is 0.441. The van der Waals surface area contributed by atoms with E-state index in [9.17, 15) is 13.2 Å². The highest BCUT2D eigenvalue weighted by Gasteiger charge is 2.31. The second-order valence-electron chi connectivity index (χ2n) is 7.09. The molecule has 0 atom stereocenters. The first-order valence-corrected chi connectivity index (χ1v) is 9.96. The molecule has 0 saturated carbocycles. The van der Waals surface area contributed by atoms with E-state index in [1.165, 1.54) is 17.0 Å². The Morgan fingerprint density at radius 1 is 1.11 bits per heavy atom. The van der Waals surface area contributed by atoms with Gasteiger partial charge in [0.2, 0.25) is 0 Å². The fourth-order valence-electron chi connectivity index (χ4n) is 3.76. The van der Waals surface area contributed by atoms with Crippen molar-refractivity contribution in [1.29, 1.82) is 0 Å². The van der Waals surface area contributed by atoms with Crippen LogP contribution < -0.4 is 4.90 Å². The lowest BCUT2D eigenvalue weighted by molar-refractivity contribution is -0.919. The molecule has 4 rings (SSSR count). The van der Waals surface area contributed by atoms with Gasteiger partial charge in [0, 0.05) is 30.0 Å². The molecule has 0 radical (unpaired) electrons. The lowest BCUT2D eigenvalue weighted by atomic mass is 9.93. The van der Waals surface area contributed by atoms with Crippen molar-refractivity contribution in [1.82, 2.24) is 10.2 Å².